The number of amides is 1. The van der Waals surface area contributed by atoms with Gasteiger partial charge in [-0.2, -0.15) is 13.2 Å². The Morgan fingerprint density at radius 1 is 1.15 bits per heavy atom. The lowest BCUT2D eigenvalue weighted by atomic mass is 10.1. The number of alkyl halides is 3. The minimum Gasteiger partial charge on any atom is -0.336 e. The molecular formula is C18H19F3N4O. The summed E-state index contributed by atoms with van der Waals surface area (Å²) in [4.78, 5) is 24.1. The Kier molecular flexibility index (Phi) is 5.22. The number of pyridine rings is 2. The second kappa shape index (κ2) is 7.41. The van der Waals surface area contributed by atoms with Gasteiger partial charge in [0.1, 0.15) is 5.69 Å². The molecule has 26 heavy (non-hydrogen) atoms. The fourth-order valence-corrected chi connectivity index (χ4v) is 2.97. The molecule has 1 aliphatic heterocycles. The molecule has 0 atom stereocenters. The molecule has 0 spiro atoms. The molecule has 3 heterocycles. The van der Waals surface area contributed by atoms with Crippen molar-refractivity contribution in [3.8, 4) is 0 Å². The van der Waals surface area contributed by atoms with Gasteiger partial charge in [0, 0.05) is 45.1 Å². The lowest BCUT2D eigenvalue weighted by molar-refractivity contribution is -0.141. The summed E-state index contributed by atoms with van der Waals surface area (Å²) in [5, 5.41) is 0. The molecular weight excluding hydrogens is 345 g/mol. The van der Waals surface area contributed by atoms with E-state index in [1.807, 2.05) is 18.3 Å². The summed E-state index contributed by atoms with van der Waals surface area (Å²) >= 11 is 0. The van der Waals surface area contributed by atoms with E-state index in [1.165, 1.54) is 13.0 Å². The summed E-state index contributed by atoms with van der Waals surface area (Å²) in [5.41, 5.74) is 0.448. The first-order chi connectivity index (χ1) is 12.3. The molecule has 2 aromatic rings. The highest BCUT2D eigenvalue weighted by molar-refractivity contribution is 5.95. The maximum Gasteiger partial charge on any atom is 0.433 e. The third-order valence-corrected chi connectivity index (χ3v) is 4.40. The number of aryl methyl sites for hydroxylation is 1. The zero-order valence-electron chi connectivity index (χ0n) is 14.3. The zero-order chi connectivity index (χ0) is 18.7. The van der Waals surface area contributed by atoms with Crippen LogP contribution in [0, 0.1) is 6.92 Å². The summed E-state index contributed by atoms with van der Waals surface area (Å²) in [5.74, 6) is -0.273. The third kappa shape index (κ3) is 4.19. The maximum absolute atomic E-state index is 12.7. The van der Waals surface area contributed by atoms with E-state index in [0.29, 0.717) is 26.2 Å². The number of hydrogen-bond donors (Lipinski definition) is 0. The largest absolute Gasteiger partial charge is 0.433 e. The smallest absolute Gasteiger partial charge is 0.336 e. The molecule has 0 aromatic carbocycles. The van der Waals surface area contributed by atoms with Gasteiger partial charge in [0.15, 0.2) is 0 Å². The van der Waals surface area contributed by atoms with Gasteiger partial charge < -0.3 is 4.90 Å². The van der Waals surface area contributed by atoms with Crippen molar-refractivity contribution in [1.29, 1.82) is 0 Å². The highest BCUT2D eigenvalue weighted by Crippen LogP contribution is 2.28. The van der Waals surface area contributed by atoms with E-state index in [9.17, 15) is 18.0 Å². The van der Waals surface area contributed by atoms with Gasteiger partial charge in [-0.3, -0.25) is 14.7 Å². The number of aromatic nitrogens is 2. The van der Waals surface area contributed by atoms with Gasteiger partial charge in [-0.25, -0.2) is 4.98 Å². The van der Waals surface area contributed by atoms with Gasteiger partial charge in [0.25, 0.3) is 5.91 Å². The number of hydrogen-bond acceptors (Lipinski definition) is 4. The van der Waals surface area contributed by atoms with Crippen LogP contribution in [0.3, 0.4) is 0 Å². The molecule has 0 unspecified atom stereocenters. The van der Waals surface area contributed by atoms with E-state index in [-0.39, 0.29) is 17.2 Å². The van der Waals surface area contributed by atoms with Crippen LogP contribution < -0.4 is 0 Å². The quantitative estimate of drug-likeness (QED) is 0.840. The van der Waals surface area contributed by atoms with Crippen LogP contribution in [-0.4, -0.2) is 51.9 Å². The number of carbonyl (C=O) groups excluding carboxylic acids is 1. The van der Waals surface area contributed by atoms with Crippen molar-refractivity contribution in [3.05, 3.63) is 59.2 Å². The number of piperazine rings is 1. The first-order valence-corrected chi connectivity index (χ1v) is 8.30. The van der Waals surface area contributed by atoms with Crippen LogP contribution in [0.1, 0.15) is 27.3 Å². The highest BCUT2D eigenvalue weighted by Gasteiger charge is 2.33. The number of rotatable bonds is 3. The van der Waals surface area contributed by atoms with E-state index in [0.717, 1.165) is 18.2 Å². The molecule has 2 aromatic heterocycles. The van der Waals surface area contributed by atoms with Crippen LogP contribution in [0.4, 0.5) is 13.2 Å². The van der Waals surface area contributed by atoms with Gasteiger partial charge >= 0.3 is 6.18 Å². The van der Waals surface area contributed by atoms with Crippen LogP contribution in [0.25, 0.3) is 0 Å². The number of carbonyl (C=O) groups is 1. The number of halogens is 3. The molecule has 1 aliphatic rings. The number of nitrogens with zero attached hydrogens (tertiary/aromatic N) is 4. The van der Waals surface area contributed by atoms with Crippen LogP contribution in [0.15, 0.2) is 36.7 Å². The Hall–Kier alpha value is -2.48. The topological polar surface area (TPSA) is 49.3 Å². The van der Waals surface area contributed by atoms with Crippen molar-refractivity contribution >= 4 is 5.91 Å². The summed E-state index contributed by atoms with van der Waals surface area (Å²) in [7, 11) is 0. The van der Waals surface area contributed by atoms with E-state index >= 15 is 0 Å². The van der Waals surface area contributed by atoms with E-state index in [1.54, 1.807) is 11.1 Å². The van der Waals surface area contributed by atoms with E-state index in [2.05, 4.69) is 14.9 Å². The minimum absolute atomic E-state index is 0.0996. The predicted octanol–water partition coefficient (Wildman–Crippen LogP) is 2.76. The van der Waals surface area contributed by atoms with Gasteiger partial charge in [-0.05, 0) is 30.7 Å². The van der Waals surface area contributed by atoms with Crippen LogP contribution in [0.5, 0.6) is 0 Å². The molecule has 8 heteroatoms. The van der Waals surface area contributed by atoms with Crippen LogP contribution in [0.2, 0.25) is 0 Å². The molecule has 0 saturated carbocycles. The molecule has 0 radical (unpaired) electrons. The minimum atomic E-state index is -4.51. The predicted molar refractivity (Wildman–Crippen MR) is 89.4 cm³/mol. The monoisotopic (exact) mass is 364 g/mol. The van der Waals surface area contributed by atoms with Crippen LogP contribution >= 0.6 is 0 Å². The fraction of sp³-hybridized carbons (Fsp3) is 0.389. The molecule has 138 valence electrons. The van der Waals surface area contributed by atoms with Crippen molar-refractivity contribution in [1.82, 2.24) is 19.8 Å². The summed E-state index contributed by atoms with van der Waals surface area (Å²) in [6.45, 7) is 4.65. The Bertz CT molecular complexity index is 772. The fourth-order valence-electron chi connectivity index (χ4n) is 2.97. The Morgan fingerprint density at radius 2 is 1.88 bits per heavy atom. The zero-order valence-corrected chi connectivity index (χ0v) is 14.3. The second-order valence-corrected chi connectivity index (χ2v) is 6.26. The van der Waals surface area contributed by atoms with E-state index < -0.39 is 11.9 Å². The SMILES string of the molecule is Cc1nc(C(F)(F)F)ccc1C(=O)N1CCN(Cc2cccnc2)CC1. The standard InChI is InChI=1S/C18H19F3N4O/c1-13-15(4-5-16(23-13)18(19,20)21)17(26)25-9-7-24(8-10-25)12-14-3-2-6-22-11-14/h2-6,11H,7-10,12H2,1H3. The second-order valence-electron chi connectivity index (χ2n) is 6.26. The van der Waals surface area contributed by atoms with Crippen molar-refractivity contribution < 1.29 is 18.0 Å². The first-order valence-electron chi connectivity index (χ1n) is 8.30. The lowest BCUT2D eigenvalue weighted by Crippen LogP contribution is -2.48. The van der Waals surface area contributed by atoms with Gasteiger partial charge in [0.05, 0.1) is 11.3 Å². The average Bonchev–Trinajstić information content (AvgIpc) is 2.62. The Morgan fingerprint density at radius 3 is 2.46 bits per heavy atom. The molecule has 1 saturated heterocycles. The van der Waals surface area contributed by atoms with Crippen LogP contribution in [-0.2, 0) is 12.7 Å². The molecule has 1 amide bonds. The highest BCUT2D eigenvalue weighted by atomic mass is 19.4. The third-order valence-electron chi connectivity index (χ3n) is 4.40. The molecule has 3 rings (SSSR count). The maximum atomic E-state index is 12.7. The lowest BCUT2D eigenvalue weighted by Gasteiger charge is -2.35. The summed E-state index contributed by atoms with van der Waals surface area (Å²) in [6.07, 6.45) is -0.973. The summed E-state index contributed by atoms with van der Waals surface area (Å²) in [6, 6.07) is 5.96. The first kappa shape index (κ1) is 18.3. The Labute approximate surface area is 149 Å². The van der Waals surface area contributed by atoms with Crippen molar-refractivity contribution in [2.75, 3.05) is 26.2 Å². The molecule has 0 N–H and O–H groups in total. The summed E-state index contributed by atoms with van der Waals surface area (Å²) < 4.78 is 38.1. The molecule has 5 nitrogen and oxygen atoms in total. The van der Waals surface area contributed by atoms with Gasteiger partial charge in [-0.1, -0.05) is 6.07 Å². The van der Waals surface area contributed by atoms with Gasteiger partial charge in [0.2, 0.25) is 0 Å². The van der Waals surface area contributed by atoms with E-state index in [4.69, 9.17) is 0 Å². The molecule has 0 bridgehead atoms. The normalized spacial score (nSPS) is 15.9. The van der Waals surface area contributed by atoms with Crippen molar-refractivity contribution in [3.63, 3.8) is 0 Å². The van der Waals surface area contributed by atoms with Gasteiger partial charge in [-0.15, -0.1) is 0 Å². The Balaban J connectivity index is 1.62. The van der Waals surface area contributed by atoms with Crippen molar-refractivity contribution in [2.45, 2.75) is 19.6 Å². The van der Waals surface area contributed by atoms with Crippen molar-refractivity contribution in [2.24, 2.45) is 0 Å². The molecule has 0 aliphatic carbocycles. The average molecular weight is 364 g/mol. The molecule has 1 fully saturated rings.